The first-order chi connectivity index (χ1) is 15.4. The molecule has 0 radical (unpaired) electrons. The van der Waals surface area contributed by atoms with Gasteiger partial charge >= 0.3 is 5.97 Å². The van der Waals surface area contributed by atoms with Crippen LogP contribution in [0.25, 0.3) is 22.2 Å². The highest BCUT2D eigenvalue weighted by Crippen LogP contribution is 2.28. The van der Waals surface area contributed by atoms with Gasteiger partial charge in [-0.1, -0.05) is 18.2 Å². The van der Waals surface area contributed by atoms with E-state index in [-0.39, 0.29) is 12.0 Å². The highest BCUT2D eigenvalue weighted by Gasteiger charge is 2.22. The van der Waals surface area contributed by atoms with Gasteiger partial charge in [-0.05, 0) is 42.3 Å². The molecule has 2 N–H and O–H groups in total. The number of hydrogen-bond donors (Lipinski definition) is 2. The number of aromatic amines is 1. The van der Waals surface area contributed by atoms with Crippen LogP contribution in [0.15, 0.2) is 60.9 Å². The number of H-pyrrole nitrogens is 1. The van der Waals surface area contributed by atoms with E-state index in [1.54, 1.807) is 36.5 Å². The molecular weight excluding hydrogens is 418 g/mol. The summed E-state index contributed by atoms with van der Waals surface area (Å²) in [6.45, 7) is 0.292. The van der Waals surface area contributed by atoms with E-state index in [1.165, 1.54) is 12.3 Å². The first-order valence-electron chi connectivity index (χ1n) is 9.85. The summed E-state index contributed by atoms with van der Waals surface area (Å²) in [5.74, 6) is -2.89. The molecule has 0 aliphatic heterocycles. The molecule has 0 fully saturated rings. The molecule has 2 aromatic heterocycles. The number of halogens is 2. The first-order valence-corrected chi connectivity index (χ1v) is 9.85. The molecule has 0 saturated heterocycles. The van der Waals surface area contributed by atoms with E-state index in [2.05, 4.69) is 9.97 Å². The third-order valence-electron chi connectivity index (χ3n) is 4.96. The zero-order valence-corrected chi connectivity index (χ0v) is 16.8. The summed E-state index contributed by atoms with van der Waals surface area (Å²) < 4.78 is 33.7. The third kappa shape index (κ3) is 4.34. The second-order valence-electron chi connectivity index (χ2n) is 7.12. The normalized spacial score (nSPS) is 10.9. The number of carboxylic acids is 1. The Kier molecular flexibility index (Phi) is 5.93. The van der Waals surface area contributed by atoms with Crippen molar-refractivity contribution in [1.29, 1.82) is 0 Å². The first kappa shape index (κ1) is 21.2. The fraction of sp³-hybridized carbons (Fsp3) is 0.125. The highest BCUT2D eigenvalue weighted by atomic mass is 19.1. The van der Waals surface area contributed by atoms with Crippen LogP contribution in [0.5, 0.6) is 5.75 Å². The number of carbonyl (C=O) groups is 2. The van der Waals surface area contributed by atoms with E-state index in [1.807, 2.05) is 0 Å². The van der Waals surface area contributed by atoms with Gasteiger partial charge in [0.05, 0.1) is 12.2 Å². The van der Waals surface area contributed by atoms with Gasteiger partial charge in [-0.3, -0.25) is 9.59 Å². The minimum Gasteiger partial charge on any atom is -0.494 e. The molecule has 0 spiro atoms. The van der Waals surface area contributed by atoms with Crippen molar-refractivity contribution in [3.8, 4) is 16.9 Å². The Morgan fingerprint density at radius 2 is 1.75 bits per heavy atom. The number of aromatic nitrogens is 2. The molecule has 2 aromatic carbocycles. The number of hydrogen-bond acceptors (Lipinski definition) is 4. The fourth-order valence-electron chi connectivity index (χ4n) is 3.36. The average molecular weight is 436 g/mol. The van der Waals surface area contributed by atoms with E-state index in [0.29, 0.717) is 35.4 Å². The maximum Gasteiger partial charge on any atom is 0.303 e. The molecule has 0 aliphatic rings. The number of aliphatic carboxylic acids is 1. The summed E-state index contributed by atoms with van der Waals surface area (Å²) in [5, 5.41) is 9.10. The van der Waals surface area contributed by atoms with Crippen molar-refractivity contribution in [2.45, 2.75) is 12.8 Å². The fourth-order valence-corrected chi connectivity index (χ4v) is 3.36. The van der Waals surface area contributed by atoms with Crippen molar-refractivity contribution in [3.05, 3.63) is 83.7 Å². The predicted molar refractivity (Wildman–Crippen MR) is 114 cm³/mol. The summed E-state index contributed by atoms with van der Waals surface area (Å²) in [4.78, 5) is 30.6. The maximum absolute atomic E-state index is 14.1. The molecule has 0 saturated carbocycles. The minimum atomic E-state index is -0.924. The third-order valence-corrected chi connectivity index (χ3v) is 4.96. The maximum atomic E-state index is 14.1. The van der Waals surface area contributed by atoms with Gasteiger partial charge in [0, 0.05) is 35.3 Å². The number of carbonyl (C=O) groups excluding carboxylic acids is 1. The van der Waals surface area contributed by atoms with Gasteiger partial charge in [-0.15, -0.1) is 0 Å². The van der Waals surface area contributed by atoms with Gasteiger partial charge in [0.15, 0.2) is 0 Å². The van der Waals surface area contributed by atoms with Crippen LogP contribution in [0.2, 0.25) is 0 Å². The van der Waals surface area contributed by atoms with Crippen LogP contribution < -0.4 is 4.74 Å². The summed E-state index contributed by atoms with van der Waals surface area (Å²) >= 11 is 0. The van der Waals surface area contributed by atoms with Crippen LogP contribution in [0, 0.1) is 11.6 Å². The van der Waals surface area contributed by atoms with E-state index >= 15 is 0 Å². The molecule has 0 unspecified atom stereocenters. The second kappa shape index (κ2) is 8.97. The summed E-state index contributed by atoms with van der Waals surface area (Å²) in [5.41, 5.74) is 1.44. The Morgan fingerprint density at radius 1 is 1.03 bits per heavy atom. The lowest BCUT2D eigenvalue weighted by Crippen LogP contribution is -2.07. The lowest BCUT2D eigenvalue weighted by atomic mass is 10.0. The number of nitrogens with one attached hydrogen (secondary N) is 1. The van der Waals surface area contributed by atoms with Crippen LogP contribution in [0.1, 0.15) is 28.8 Å². The zero-order valence-electron chi connectivity index (χ0n) is 16.8. The van der Waals surface area contributed by atoms with Crippen molar-refractivity contribution in [2.24, 2.45) is 0 Å². The van der Waals surface area contributed by atoms with E-state index in [0.717, 1.165) is 17.7 Å². The summed E-state index contributed by atoms with van der Waals surface area (Å²) in [7, 11) is 0. The molecule has 4 aromatic rings. The summed E-state index contributed by atoms with van der Waals surface area (Å²) in [6.07, 6.45) is 3.46. The molecule has 0 amide bonds. The molecule has 0 atom stereocenters. The smallest absolute Gasteiger partial charge is 0.303 e. The number of fused-ring (bicyclic) bond motifs is 1. The minimum absolute atomic E-state index is 0.0399. The van der Waals surface area contributed by atoms with Crippen LogP contribution >= 0.6 is 0 Å². The Morgan fingerprint density at radius 3 is 2.44 bits per heavy atom. The molecule has 162 valence electrons. The van der Waals surface area contributed by atoms with Gasteiger partial charge in [-0.25, -0.2) is 13.8 Å². The monoisotopic (exact) mass is 436 g/mol. The molecule has 4 rings (SSSR count). The van der Waals surface area contributed by atoms with Gasteiger partial charge in [-0.2, -0.15) is 0 Å². The van der Waals surface area contributed by atoms with Crippen LogP contribution in [-0.4, -0.2) is 33.4 Å². The molecule has 0 aliphatic carbocycles. The molecule has 2 heterocycles. The number of carboxylic acid groups (broad SMARTS) is 1. The summed E-state index contributed by atoms with van der Waals surface area (Å²) in [6, 6.07) is 12.1. The number of ether oxygens (including phenoxy) is 1. The van der Waals surface area contributed by atoms with E-state index < -0.39 is 29.0 Å². The van der Waals surface area contributed by atoms with E-state index in [4.69, 9.17) is 9.84 Å². The quantitative estimate of drug-likeness (QED) is 0.300. The topological polar surface area (TPSA) is 92.3 Å². The number of rotatable bonds is 8. The second-order valence-corrected chi connectivity index (χ2v) is 7.12. The lowest BCUT2D eigenvalue weighted by molar-refractivity contribution is -0.137. The molecule has 32 heavy (non-hydrogen) atoms. The molecular formula is C24H18F2N2O4. The van der Waals surface area contributed by atoms with Gasteiger partial charge < -0.3 is 14.8 Å². The number of benzene rings is 2. The van der Waals surface area contributed by atoms with Crippen molar-refractivity contribution < 1.29 is 28.2 Å². The zero-order chi connectivity index (χ0) is 22.7. The van der Waals surface area contributed by atoms with Crippen molar-refractivity contribution >= 4 is 22.8 Å². The van der Waals surface area contributed by atoms with Gasteiger partial charge in [0.2, 0.25) is 5.78 Å². The molecule has 8 heteroatoms. The number of nitrogens with zero attached hydrogens (tertiary/aromatic N) is 1. The van der Waals surface area contributed by atoms with Crippen molar-refractivity contribution in [2.75, 3.05) is 6.61 Å². The Balaban J connectivity index is 1.59. The Bertz CT molecular complexity index is 1280. The largest absolute Gasteiger partial charge is 0.494 e. The Hall–Kier alpha value is -4.07. The highest BCUT2D eigenvalue weighted by molar-refractivity contribution is 6.16. The lowest BCUT2D eigenvalue weighted by Gasteiger charge is -2.07. The van der Waals surface area contributed by atoms with Gasteiger partial charge in [0.1, 0.15) is 23.0 Å². The standard InChI is InChI=1S/C24H18F2N2O4/c25-19-3-1-4-20(26)22(19)23(31)18-13-28-24-17(18)11-15(12-27-24)14-6-8-16(9-7-14)32-10-2-5-21(29)30/h1,3-4,6-9,11-13H,2,5,10H2,(H,27,28)(H,29,30). The number of ketones is 1. The Labute approximate surface area is 181 Å². The van der Waals surface area contributed by atoms with Crippen molar-refractivity contribution in [1.82, 2.24) is 9.97 Å². The molecule has 6 nitrogen and oxygen atoms in total. The van der Waals surface area contributed by atoms with Crippen LogP contribution in [0.4, 0.5) is 8.78 Å². The van der Waals surface area contributed by atoms with E-state index in [9.17, 15) is 18.4 Å². The van der Waals surface area contributed by atoms with Crippen molar-refractivity contribution in [3.63, 3.8) is 0 Å². The predicted octanol–water partition coefficient (Wildman–Crippen LogP) is 4.98. The average Bonchev–Trinajstić information content (AvgIpc) is 3.20. The van der Waals surface area contributed by atoms with Gasteiger partial charge in [0.25, 0.3) is 0 Å². The van der Waals surface area contributed by atoms with Crippen LogP contribution in [0.3, 0.4) is 0 Å². The van der Waals surface area contributed by atoms with Crippen LogP contribution in [-0.2, 0) is 4.79 Å². The molecule has 0 bridgehead atoms. The SMILES string of the molecule is O=C(O)CCCOc1ccc(-c2cnc3[nH]cc(C(=O)c4c(F)cccc4F)c3c2)cc1. The number of pyridine rings is 1.